The molecule has 0 saturated carbocycles. The molecule has 1 aromatic carbocycles. The first kappa shape index (κ1) is 16.6. The number of fused-ring (bicyclic) bond motifs is 1. The Labute approximate surface area is 122 Å². The molecule has 0 fully saturated rings. The Morgan fingerprint density at radius 2 is 1.58 bits per heavy atom. The van der Waals surface area contributed by atoms with Crippen molar-refractivity contribution >= 4 is 11.8 Å². The number of benzene rings is 1. The lowest BCUT2D eigenvalue weighted by atomic mass is 9.70. The molecule has 2 rings (SSSR count). The minimum absolute atomic E-state index is 0.0211. The predicted molar refractivity (Wildman–Crippen MR) is 85.9 cm³/mol. The largest absolute Gasteiger partial charge is 0.392 e. The molecule has 0 spiro atoms. The summed E-state index contributed by atoms with van der Waals surface area (Å²) in [6.45, 7) is 14.9. The second-order valence-corrected chi connectivity index (χ2v) is 7.77. The average Bonchev–Trinajstić information content (AvgIpc) is 2.43. The maximum absolute atomic E-state index is 10.7. The van der Waals surface area contributed by atoms with Crippen LogP contribution < -0.4 is 0 Å². The summed E-state index contributed by atoms with van der Waals surface area (Å²) in [6.07, 6.45) is -0.311. The molecule has 1 aromatic rings. The molecule has 2 unspecified atom stereocenters. The van der Waals surface area contributed by atoms with E-state index in [0.717, 1.165) is 0 Å². The summed E-state index contributed by atoms with van der Waals surface area (Å²) >= 11 is 1.89. The first-order valence-corrected chi connectivity index (χ1v) is 8.05. The van der Waals surface area contributed by atoms with Gasteiger partial charge in [0.15, 0.2) is 0 Å². The topological polar surface area (TPSA) is 20.2 Å². The Morgan fingerprint density at radius 3 is 2.16 bits per heavy atom. The molecular weight excluding hydrogens is 252 g/mol. The van der Waals surface area contributed by atoms with E-state index >= 15 is 0 Å². The summed E-state index contributed by atoms with van der Waals surface area (Å²) in [5.74, 6) is 0.190. The molecule has 19 heavy (non-hydrogen) atoms. The van der Waals surface area contributed by atoms with Gasteiger partial charge >= 0.3 is 0 Å². The van der Waals surface area contributed by atoms with Crippen LogP contribution in [0.3, 0.4) is 0 Å². The normalized spacial score (nSPS) is 27.6. The molecule has 1 aliphatic rings. The van der Waals surface area contributed by atoms with E-state index in [2.05, 4.69) is 58.9 Å². The Kier molecular flexibility index (Phi) is 5.14. The maximum atomic E-state index is 10.7. The van der Waals surface area contributed by atoms with E-state index in [1.165, 1.54) is 10.5 Å². The summed E-state index contributed by atoms with van der Waals surface area (Å²) < 4.78 is 0.0211. The van der Waals surface area contributed by atoms with E-state index in [9.17, 15) is 5.11 Å². The summed E-state index contributed by atoms with van der Waals surface area (Å²) in [6, 6.07) is 8.47. The van der Waals surface area contributed by atoms with Gasteiger partial charge in [-0.1, -0.05) is 52.8 Å². The molecule has 1 heterocycles. The number of hydrogen-bond donors (Lipinski definition) is 1. The van der Waals surface area contributed by atoms with Crippen molar-refractivity contribution in [1.82, 2.24) is 0 Å². The zero-order valence-electron chi connectivity index (χ0n) is 13.3. The number of thioether (sulfide) groups is 1. The number of aliphatic hydroxyl groups excluding tert-OH is 1. The van der Waals surface area contributed by atoms with E-state index in [0.29, 0.717) is 0 Å². The number of rotatable bonds is 0. The van der Waals surface area contributed by atoms with Gasteiger partial charge in [-0.25, -0.2) is 0 Å². The molecule has 0 amide bonds. The predicted octanol–water partition coefficient (Wildman–Crippen LogP) is 5.09. The standard InChI is InChI=1S/C15H22OS.C2H6/c1-10-11-8-6-7-9-12(11)17-15(4,5)14(2,3)13(10)16;1-2/h6-10,13,16H,1-5H3;1-2H3. The monoisotopic (exact) mass is 280 g/mol. The zero-order chi connectivity index (χ0) is 14.8. The molecule has 0 saturated heterocycles. The van der Waals surface area contributed by atoms with Gasteiger partial charge in [0.25, 0.3) is 0 Å². The van der Waals surface area contributed by atoms with Crippen molar-refractivity contribution in [3.63, 3.8) is 0 Å². The van der Waals surface area contributed by atoms with Crippen molar-refractivity contribution in [2.24, 2.45) is 5.41 Å². The molecule has 1 aliphatic heterocycles. The Balaban J connectivity index is 0.000000861. The van der Waals surface area contributed by atoms with Gasteiger partial charge in [0.2, 0.25) is 0 Å². The summed E-state index contributed by atoms with van der Waals surface area (Å²) in [4.78, 5) is 1.31. The second-order valence-electron chi connectivity index (χ2n) is 6.11. The van der Waals surface area contributed by atoms with Gasteiger partial charge in [-0.15, -0.1) is 11.8 Å². The van der Waals surface area contributed by atoms with E-state index in [1.807, 2.05) is 25.6 Å². The van der Waals surface area contributed by atoms with E-state index in [1.54, 1.807) is 0 Å². The SMILES string of the molecule is CC.CC1c2ccccc2SC(C)(C)C(C)(C)C1O. The highest BCUT2D eigenvalue weighted by atomic mass is 32.2. The third-order valence-electron chi connectivity index (χ3n) is 4.54. The third kappa shape index (κ3) is 2.85. The van der Waals surface area contributed by atoms with Gasteiger partial charge in [0, 0.05) is 21.0 Å². The number of hydrogen-bond acceptors (Lipinski definition) is 2. The van der Waals surface area contributed by atoms with E-state index in [-0.39, 0.29) is 22.2 Å². The molecule has 0 aromatic heterocycles. The van der Waals surface area contributed by atoms with Gasteiger partial charge in [-0.05, 0) is 25.5 Å². The highest BCUT2D eigenvalue weighted by Crippen LogP contribution is 2.54. The van der Waals surface area contributed by atoms with Gasteiger partial charge in [0.1, 0.15) is 0 Å². The second kappa shape index (κ2) is 5.88. The molecule has 1 nitrogen and oxygen atoms in total. The molecule has 1 N–H and O–H groups in total. The molecule has 0 aliphatic carbocycles. The average molecular weight is 280 g/mol. The molecule has 108 valence electrons. The van der Waals surface area contributed by atoms with Crippen molar-refractivity contribution in [3.8, 4) is 0 Å². The van der Waals surface area contributed by atoms with Crippen LogP contribution in [0, 0.1) is 5.41 Å². The summed E-state index contributed by atoms with van der Waals surface area (Å²) in [5.41, 5.74) is 1.17. The fraction of sp³-hybridized carbons (Fsp3) is 0.647. The zero-order valence-corrected chi connectivity index (χ0v) is 14.1. The van der Waals surface area contributed by atoms with Gasteiger partial charge < -0.3 is 5.11 Å². The fourth-order valence-corrected chi connectivity index (χ4v) is 3.96. The lowest BCUT2D eigenvalue weighted by Crippen LogP contribution is -2.46. The van der Waals surface area contributed by atoms with Crippen LogP contribution in [-0.2, 0) is 0 Å². The minimum atomic E-state index is -0.311. The van der Waals surface area contributed by atoms with Crippen LogP contribution in [-0.4, -0.2) is 16.0 Å². The minimum Gasteiger partial charge on any atom is -0.392 e. The van der Waals surface area contributed by atoms with Crippen LogP contribution in [0.25, 0.3) is 0 Å². The van der Waals surface area contributed by atoms with Gasteiger partial charge in [-0.3, -0.25) is 0 Å². The summed E-state index contributed by atoms with van der Waals surface area (Å²) in [7, 11) is 0. The third-order valence-corrected chi connectivity index (χ3v) is 6.17. The smallest absolute Gasteiger partial charge is 0.0670 e. The Morgan fingerprint density at radius 1 is 1.05 bits per heavy atom. The van der Waals surface area contributed by atoms with E-state index < -0.39 is 0 Å². The molecule has 0 bridgehead atoms. The highest BCUT2D eigenvalue weighted by molar-refractivity contribution is 8.00. The van der Waals surface area contributed by atoms with E-state index in [4.69, 9.17) is 0 Å². The first-order valence-electron chi connectivity index (χ1n) is 7.23. The van der Waals surface area contributed by atoms with Crippen molar-refractivity contribution in [1.29, 1.82) is 0 Å². The van der Waals surface area contributed by atoms with Crippen molar-refractivity contribution < 1.29 is 5.11 Å². The lowest BCUT2D eigenvalue weighted by Gasteiger charge is -2.43. The maximum Gasteiger partial charge on any atom is 0.0670 e. The van der Waals surface area contributed by atoms with Crippen molar-refractivity contribution in [2.45, 2.75) is 70.1 Å². The molecular formula is C17H28OS. The molecule has 0 radical (unpaired) electrons. The number of aliphatic hydroxyl groups is 1. The fourth-order valence-electron chi connectivity index (χ4n) is 2.51. The van der Waals surface area contributed by atoms with Crippen molar-refractivity contribution in [3.05, 3.63) is 29.8 Å². The van der Waals surface area contributed by atoms with Gasteiger partial charge in [0.05, 0.1) is 6.10 Å². The van der Waals surface area contributed by atoms with Crippen molar-refractivity contribution in [2.75, 3.05) is 0 Å². The van der Waals surface area contributed by atoms with Gasteiger partial charge in [-0.2, -0.15) is 0 Å². The van der Waals surface area contributed by atoms with Crippen LogP contribution in [0.4, 0.5) is 0 Å². The van der Waals surface area contributed by atoms with Crippen LogP contribution in [0.5, 0.6) is 0 Å². The lowest BCUT2D eigenvalue weighted by molar-refractivity contribution is 0.0138. The van der Waals surface area contributed by atoms with Crippen LogP contribution in [0.1, 0.15) is 59.9 Å². The Hall–Kier alpha value is -0.470. The molecule has 2 atom stereocenters. The Bertz CT molecular complexity index is 423. The first-order chi connectivity index (χ1) is 8.77. The van der Waals surface area contributed by atoms with Crippen LogP contribution >= 0.6 is 11.8 Å². The quantitative estimate of drug-likeness (QED) is 0.714. The molecule has 2 heteroatoms. The highest BCUT2D eigenvalue weighted by Gasteiger charge is 2.48. The summed E-state index contributed by atoms with van der Waals surface area (Å²) in [5, 5.41) is 10.7. The van der Waals surface area contributed by atoms with Crippen LogP contribution in [0.15, 0.2) is 29.2 Å². The van der Waals surface area contributed by atoms with Crippen LogP contribution in [0.2, 0.25) is 0 Å².